The van der Waals surface area contributed by atoms with Crippen molar-refractivity contribution in [3.8, 4) is 17.2 Å². The summed E-state index contributed by atoms with van der Waals surface area (Å²) in [4.78, 5) is 12.9. The molecule has 1 amide bonds. The first-order chi connectivity index (χ1) is 15.1. The number of anilines is 1. The highest BCUT2D eigenvalue weighted by atomic mass is 16.7. The maximum absolute atomic E-state index is 12.9. The van der Waals surface area contributed by atoms with E-state index in [1.807, 2.05) is 18.2 Å². The van der Waals surface area contributed by atoms with Crippen molar-refractivity contribution in [2.75, 3.05) is 25.3 Å². The molecule has 8 heteroatoms. The van der Waals surface area contributed by atoms with E-state index in [0.717, 1.165) is 5.56 Å². The van der Waals surface area contributed by atoms with E-state index in [1.54, 1.807) is 24.3 Å². The van der Waals surface area contributed by atoms with Crippen LogP contribution in [0.5, 0.6) is 17.2 Å². The third kappa shape index (κ3) is 5.10. The van der Waals surface area contributed by atoms with Crippen LogP contribution in [0.25, 0.3) is 0 Å². The minimum Gasteiger partial charge on any atom is -0.506 e. The van der Waals surface area contributed by atoms with Crippen LogP contribution in [0.2, 0.25) is 0 Å². The molecule has 0 aliphatic carbocycles. The molecule has 8 nitrogen and oxygen atoms in total. The Bertz CT molecular complexity index is 959. The number of ether oxygens (including phenoxy) is 4. The van der Waals surface area contributed by atoms with Crippen LogP contribution in [0, 0.1) is 0 Å². The normalized spacial score (nSPS) is 19.5. The van der Waals surface area contributed by atoms with E-state index >= 15 is 0 Å². The highest BCUT2D eigenvalue weighted by molar-refractivity contribution is 6.03. The van der Waals surface area contributed by atoms with E-state index in [9.17, 15) is 9.90 Å². The zero-order valence-corrected chi connectivity index (χ0v) is 17.0. The number of allylic oxidation sites excluding steroid dienone is 1. The number of phenols is 1. The van der Waals surface area contributed by atoms with E-state index in [-0.39, 0.29) is 30.8 Å². The number of carbonyl (C=O) groups is 1. The second kappa shape index (κ2) is 9.72. The summed E-state index contributed by atoms with van der Waals surface area (Å²) in [5.41, 5.74) is 1.24. The monoisotopic (exact) mass is 427 g/mol. The standard InChI is InChI=1S/C23H25NO7/c25-9-3-4-10-28-22-13-16(15-7-8-19-20(11-15)30-14-29-19)12-21(31-22)23(27)24-17-5-1-2-6-18(17)26/h1-2,5-8,11-12,16,22,25-26H,3-4,9-10,13-14H2,(H,24,27)/t16-,22+/m1/s1. The zero-order valence-electron chi connectivity index (χ0n) is 17.0. The van der Waals surface area contributed by atoms with Gasteiger partial charge in [-0.25, -0.2) is 0 Å². The van der Waals surface area contributed by atoms with Crippen LogP contribution < -0.4 is 14.8 Å². The molecule has 2 aromatic carbocycles. The fraction of sp³-hybridized carbons (Fsp3) is 0.348. The third-order valence-electron chi connectivity index (χ3n) is 5.11. The summed E-state index contributed by atoms with van der Waals surface area (Å²) < 4.78 is 22.5. The van der Waals surface area contributed by atoms with Gasteiger partial charge in [-0.3, -0.25) is 4.79 Å². The SMILES string of the molecule is O=C(Nc1ccccc1O)C1=C[C@@H](c2ccc3c(c2)OCO3)C[C@@H](OCCCCO)O1. The van der Waals surface area contributed by atoms with Crippen molar-refractivity contribution < 1.29 is 34.0 Å². The Morgan fingerprint density at radius 1 is 1.13 bits per heavy atom. The predicted molar refractivity (Wildman–Crippen MR) is 112 cm³/mol. The van der Waals surface area contributed by atoms with Gasteiger partial charge in [0.2, 0.25) is 13.1 Å². The van der Waals surface area contributed by atoms with Crippen LogP contribution in [-0.2, 0) is 14.3 Å². The Hall–Kier alpha value is -3.23. The molecule has 0 unspecified atom stereocenters. The number of para-hydroxylation sites is 2. The molecular formula is C23H25NO7. The number of rotatable bonds is 8. The van der Waals surface area contributed by atoms with Crippen molar-refractivity contribution in [3.63, 3.8) is 0 Å². The van der Waals surface area contributed by atoms with Gasteiger partial charge in [-0.2, -0.15) is 0 Å². The van der Waals surface area contributed by atoms with Crippen LogP contribution in [0.3, 0.4) is 0 Å². The van der Waals surface area contributed by atoms with Crippen LogP contribution in [0.1, 0.15) is 30.7 Å². The fourth-order valence-electron chi connectivity index (χ4n) is 3.49. The summed E-state index contributed by atoms with van der Waals surface area (Å²) in [7, 11) is 0. The first-order valence-corrected chi connectivity index (χ1v) is 10.2. The van der Waals surface area contributed by atoms with Crippen LogP contribution in [0.4, 0.5) is 5.69 Å². The minimum atomic E-state index is -0.621. The van der Waals surface area contributed by atoms with Gasteiger partial charge in [-0.15, -0.1) is 0 Å². The average molecular weight is 427 g/mol. The lowest BCUT2D eigenvalue weighted by molar-refractivity contribution is -0.143. The lowest BCUT2D eigenvalue weighted by atomic mass is 9.92. The number of fused-ring (bicyclic) bond motifs is 1. The number of phenolic OH excluding ortho intramolecular Hbond substituents is 1. The van der Waals surface area contributed by atoms with Crippen molar-refractivity contribution >= 4 is 11.6 Å². The van der Waals surface area contributed by atoms with E-state index < -0.39 is 12.2 Å². The summed E-state index contributed by atoms with van der Waals surface area (Å²) in [6.07, 6.45) is 2.97. The number of carbonyl (C=O) groups excluding carboxylic acids is 1. The summed E-state index contributed by atoms with van der Waals surface area (Å²) in [6, 6.07) is 12.2. The predicted octanol–water partition coefficient (Wildman–Crippen LogP) is 3.26. The molecule has 2 aromatic rings. The third-order valence-corrected chi connectivity index (χ3v) is 5.11. The maximum Gasteiger partial charge on any atom is 0.290 e. The van der Waals surface area contributed by atoms with Gasteiger partial charge in [0.25, 0.3) is 5.91 Å². The highest BCUT2D eigenvalue weighted by Gasteiger charge is 2.30. The molecule has 0 aromatic heterocycles. The highest BCUT2D eigenvalue weighted by Crippen LogP contribution is 2.38. The topological polar surface area (TPSA) is 106 Å². The molecule has 2 aliphatic rings. The van der Waals surface area contributed by atoms with Crippen molar-refractivity contribution in [1.29, 1.82) is 0 Å². The number of nitrogens with one attached hydrogen (secondary N) is 1. The van der Waals surface area contributed by atoms with Gasteiger partial charge >= 0.3 is 0 Å². The Balaban J connectivity index is 1.54. The molecule has 2 heterocycles. The van der Waals surface area contributed by atoms with Crippen LogP contribution >= 0.6 is 0 Å². The second-order valence-electron chi connectivity index (χ2n) is 7.31. The summed E-state index contributed by atoms with van der Waals surface area (Å²) in [5.74, 6) is 0.819. The Morgan fingerprint density at radius 3 is 2.81 bits per heavy atom. The molecule has 2 atom stereocenters. The number of aromatic hydroxyl groups is 1. The van der Waals surface area contributed by atoms with Crippen molar-refractivity contribution in [2.45, 2.75) is 31.5 Å². The lowest BCUT2D eigenvalue weighted by Crippen LogP contribution is -2.29. The van der Waals surface area contributed by atoms with Crippen molar-refractivity contribution in [3.05, 3.63) is 59.9 Å². The smallest absolute Gasteiger partial charge is 0.290 e. The Morgan fingerprint density at radius 2 is 1.97 bits per heavy atom. The van der Waals surface area contributed by atoms with E-state index in [4.69, 9.17) is 24.1 Å². The number of amides is 1. The number of benzene rings is 2. The first kappa shape index (κ1) is 21.0. The number of hydrogen-bond acceptors (Lipinski definition) is 7. The van der Waals surface area contributed by atoms with E-state index in [1.165, 1.54) is 6.07 Å². The molecule has 0 spiro atoms. The van der Waals surface area contributed by atoms with Gasteiger partial charge in [0.05, 0.1) is 12.3 Å². The molecule has 3 N–H and O–H groups in total. The zero-order chi connectivity index (χ0) is 21.6. The number of aliphatic hydroxyl groups is 1. The second-order valence-corrected chi connectivity index (χ2v) is 7.31. The van der Waals surface area contributed by atoms with Crippen LogP contribution in [-0.4, -0.2) is 42.4 Å². The number of hydrogen-bond donors (Lipinski definition) is 3. The maximum atomic E-state index is 12.9. The van der Waals surface area contributed by atoms with Gasteiger partial charge in [-0.05, 0) is 48.7 Å². The van der Waals surface area contributed by atoms with Gasteiger partial charge in [0.1, 0.15) is 5.75 Å². The Kier molecular flexibility index (Phi) is 6.59. The van der Waals surface area contributed by atoms with Gasteiger partial charge < -0.3 is 34.5 Å². The molecule has 0 radical (unpaired) electrons. The molecule has 2 aliphatic heterocycles. The molecule has 164 valence electrons. The summed E-state index contributed by atoms with van der Waals surface area (Å²) in [6.45, 7) is 0.698. The van der Waals surface area contributed by atoms with Crippen LogP contribution in [0.15, 0.2) is 54.3 Å². The molecule has 0 bridgehead atoms. The average Bonchev–Trinajstić information content (AvgIpc) is 3.26. The van der Waals surface area contributed by atoms with Gasteiger partial charge in [0, 0.05) is 18.9 Å². The molecule has 0 saturated carbocycles. The molecule has 31 heavy (non-hydrogen) atoms. The molecule has 0 fully saturated rings. The fourth-order valence-corrected chi connectivity index (χ4v) is 3.49. The van der Waals surface area contributed by atoms with Gasteiger partial charge in [-0.1, -0.05) is 18.2 Å². The molecule has 0 saturated heterocycles. The van der Waals surface area contributed by atoms with Gasteiger partial charge in [0.15, 0.2) is 17.3 Å². The van der Waals surface area contributed by atoms with Crippen molar-refractivity contribution in [2.24, 2.45) is 0 Å². The van der Waals surface area contributed by atoms with E-state index in [2.05, 4.69) is 5.32 Å². The summed E-state index contributed by atoms with van der Waals surface area (Å²) in [5, 5.41) is 21.6. The number of unbranched alkanes of at least 4 members (excludes halogenated alkanes) is 1. The first-order valence-electron chi connectivity index (χ1n) is 10.2. The quantitative estimate of drug-likeness (QED) is 0.439. The minimum absolute atomic E-state index is 0.0311. The molecule has 4 rings (SSSR count). The lowest BCUT2D eigenvalue weighted by Gasteiger charge is -2.29. The largest absolute Gasteiger partial charge is 0.506 e. The molecular weight excluding hydrogens is 402 g/mol. The van der Waals surface area contributed by atoms with Crippen molar-refractivity contribution in [1.82, 2.24) is 0 Å². The summed E-state index contributed by atoms with van der Waals surface area (Å²) >= 11 is 0. The van der Waals surface area contributed by atoms with E-state index in [0.29, 0.717) is 43.1 Å². The Labute approximate surface area is 180 Å². The number of aliphatic hydroxyl groups excluding tert-OH is 1.